The molecule has 1 aromatic carbocycles. The second-order valence-electron chi connectivity index (χ2n) is 3.70. The number of amidine groups is 1. The summed E-state index contributed by atoms with van der Waals surface area (Å²) in [4.78, 5) is 4.39. The molecule has 0 fully saturated rings. The van der Waals surface area contributed by atoms with Crippen molar-refractivity contribution in [2.24, 2.45) is 4.99 Å². The molecule has 1 aliphatic heterocycles. The van der Waals surface area contributed by atoms with Crippen molar-refractivity contribution in [2.45, 2.75) is 13.0 Å². The van der Waals surface area contributed by atoms with Crippen LogP contribution >= 0.6 is 23.2 Å². The molecule has 1 unspecified atom stereocenters. The molecule has 0 saturated carbocycles. The summed E-state index contributed by atoms with van der Waals surface area (Å²) in [5.41, 5.74) is 0.967. The number of hydrogen-bond acceptors (Lipinski definition) is 3. The van der Waals surface area contributed by atoms with Crippen molar-refractivity contribution in [2.75, 3.05) is 19.7 Å². The van der Waals surface area contributed by atoms with Gasteiger partial charge in [-0.3, -0.25) is 4.99 Å². The highest BCUT2D eigenvalue weighted by atomic mass is 35.5. The Morgan fingerprint density at radius 3 is 2.82 bits per heavy atom. The summed E-state index contributed by atoms with van der Waals surface area (Å²) in [5, 5.41) is 4.31. The minimum Gasteiger partial charge on any atom is -0.369 e. The smallest absolute Gasteiger partial charge is 0.139 e. The fourth-order valence-electron chi connectivity index (χ4n) is 1.77. The second kappa shape index (κ2) is 5.71. The average molecular weight is 273 g/mol. The number of hydrogen-bond donors (Lipinski definition) is 1. The molecule has 0 aliphatic carbocycles. The minimum atomic E-state index is -0.183. The second-order valence-corrected chi connectivity index (χ2v) is 4.52. The molecule has 0 radical (unpaired) electrons. The van der Waals surface area contributed by atoms with Crippen molar-refractivity contribution < 1.29 is 4.74 Å². The first-order valence-corrected chi connectivity index (χ1v) is 6.32. The van der Waals surface area contributed by atoms with E-state index in [1.54, 1.807) is 6.07 Å². The molecule has 0 bridgehead atoms. The standard InChI is InChI=1S/C12H14Cl2N2O/c1-2-17-11(12-15-5-6-16-12)8-3-4-9(13)10(14)7-8/h3-4,7,11H,2,5-6H2,1H3,(H,15,16). The van der Waals surface area contributed by atoms with Gasteiger partial charge in [0.05, 0.1) is 16.6 Å². The van der Waals surface area contributed by atoms with Crippen LogP contribution in [0.1, 0.15) is 18.6 Å². The van der Waals surface area contributed by atoms with Gasteiger partial charge in [0.2, 0.25) is 0 Å². The van der Waals surface area contributed by atoms with E-state index in [2.05, 4.69) is 10.3 Å². The van der Waals surface area contributed by atoms with E-state index < -0.39 is 0 Å². The van der Waals surface area contributed by atoms with Gasteiger partial charge in [-0.25, -0.2) is 0 Å². The fourth-order valence-corrected chi connectivity index (χ4v) is 2.07. The van der Waals surface area contributed by atoms with E-state index in [1.807, 2.05) is 19.1 Å². The molecule has 1 aromatic rings. The highest BCUT2D eigenvalue weighted by molar-refractivity contribution is 6.42. The van der Waals surface area contributed by atoms with Gasteiger partial charge >= 0.3 is 0 Å². The van der Waals surface area contributed by atoms with Crippen LogP contribution in [0.3, 0.4) is 0 Å². The van der Waals surface area contributed by atoms with Gasteiger partial charge in [-0.15, -0.1) is 0 Å². The SMILES string of the molecule is CCOC(C1=NCCN1)c1ccc(Cl)c(Cl)c1. The van der Waals surface area contributed by atoms with Crippen LogP contribution in [-0.2, 0) is 4.74 Å². The van der Waals surface area contributed by atoms with Gasteiger partial charge in [-0.05, 0) is 24.6 Å². The topological polar surface area (TPSA) is 33.6 Å². The molecular weight excluding hydrogens is 259 g/mol. The van der Waals surface area contributed by atoms with Crippen molar-refractivity contribution in [1.29, 1.82) is 0 Å². The van der Waals surface area contributed by atoms with Crippen LogP contribution < -0.4 is 5.32 Å². The molecule has 1 N–H and O–H groups in total. The third-order valence-corrected chi connectivity index (χ3v) is 3.27. The van der Waals surface area contributed by atoms with Gasteiger partial charge < -0.3 is 10.1 Å². The van der Waals surface area contributed by atoms with Gasteiger partial charge in [0.1, 0.15) is 11.9 Å². The minimum absolute atomic E-state index is 0.183. The first kappa shape index (κ1) is 12.7. The first-order chi connectivity index (χ1) is 8.22. The van der Waals surface area contributed by atoms with Crippen LogP contribution in [-0.4, -0.2) is 25.5 Å². The summed E-state index contributed by atoms with van der Waals surface area (Å²) in [5.74, 6) is 0.866. The zero-order chi connectivity index (χ0) is 12.3. The van der Waals surface area contributed by atoms with E-state index in [1.165, 1.54) is 0 Å². The van der Waals surface area contributed by atoms with E-state index in [-0.39, 0.29) is 6.10 Å². The van der Waals surface area contributed by atoms with Crippen molar-refractivity contribution in [1.82, 2.24) is 5.32 Å². The lowest BCUT2D eigenvalue weighted by molar-refractivity contribution is 0.108. The van der Waals surface area contributed by atoms with E-state index >= 15 is 0 Å². The Morgan fingerprint density at radius 1 is 1.41 bits per heavy atom. The van der Waals surface area contributed by atoms with Gasteiger partial charge in [0.15, 0.2) is 0 Å². The molecular formula is C12H14Cl2N2O. The lowest BCUT2D eigenvalue weighted by atomic mass is 10.1. The molecule has 92 valence electrons. The number of aliphatic imine (C=N–C) groups is 1. The maximum atomic E-state index is 6.02. The first-order valence-electron chi connectivity index (χ1n) is 5.57. The fraction of sp³-hybridized carbons (Fsp3) is 0.417. The summed E-state index contributed by atoms with van der Waals surface area (Å²) in [6.07, 6.45) is -0.183. The normalized spacial score (nSPS) is 16.5. The number of ether oxygens (including phenoxy) is 1. The van der Waals surface area contributed by atoms with Gasteiger partial charge in [-0.1, -0.05) is 29.3 Å². The van der Waals surface area contributed by atoms with Crippen LogP contribution in [0.15, 0.2) is 23.2 Å². The number of rotatable bonds is 4. The largest absolute Gasteiger partial charge is 0.369 e. The van der Waals surface area contributed by atoms with Crippen molar-refractivity contribution in [3.8, 4) is 0 Å². The molecule has 17 heavy (non-hydrogen) atoms. The lowest BCUT2D eigenvalue weighted by Crippen LogP contribution is -2.27. The van der Waals surface area contributed by atoms with Crippen LogP contribution in [0.2, 0.25) is 10.0 Å². The van der Waals surface area contributed by atoms with Crippen molar-refractivity contribution in [3.63, 3.8) is 0 Å². The Morgan fingerprint density at radius 2 is 2.24 bits per heavy atom. The summed E-state index contributed by atoms with van der Waals surface area (Å²) in [6, 6.07) is 5.52. The molecule has 1 heterocycles. The summed E-state index contributed by atoms with van der Waals surface area (Å²) < 4.78 is 5.71. The third kappa shape index (κ3) is 2.92. The maximum Gasteiger partial charge on any atom is 0.139 e. The monoisotopic (exact) mass is 272 g/mol. The number of nitrogens with one attached hydrogen (secondary N) is 1. The molecule has 0 spiro atoms. The molecule has 1 atom stereocenters. The quantitative estimate of drug-likeness (QED) is 0.914. The van der Waals surface area contributed by atoms with Gasteiger partial charge in [-0.2, -0.15) is 0 Å². The zero-order valence-corrected chi connectivity index (χ0v) is 11.1. The lowest BCUT2D eigenvalue weighted by Gasteiger charge is -2.18. The molecule has 5 heteroatoms. The predicted molar refractivity (Wildman–Crippen MR) is 71.1 cm³/mol. The van der Waals surface area contributed by atoms with Gasteiger partial charge in [0.25, 0.3) is 0 Å². The van der Waals surface area contributed by atoms with Crippen LogP contribution in [0.4, 0.5) is 0 Å². The average Bonchev–Trinajstić information content (AvgIpc) is 2.83. The van der Waals surface area contributed by atoms with E-state index in [9.17, 15) is 0 Å². The van der Waals surface area contributed by atoms with Gasteiger partial charge in [0, 0.05) is 13.2 Å². The molecule has 0 aromatic heterocycles. The molecule has 1 aliphatic rings. The molecule has 0 saturated heterocycles. The molecule has 2 rings (SSSR count). The third-order valence-electron chi connectivity index (χ3n) is 2.53. The number of nitrogens with zero attached hydrogens (tertiary/aromatic N) is 1. The number of benzene rings is 1. The summed E-state index contributed by atoms with van der Waals surface area (Å²) in [7, 11) is 0. The van der Waals surface area contributed by atoms with Crippen LogP contribution in [0.5, 0.6) is 0 Å². The van der Waals surface area contributed by atoms with Crippen molar-refractivity contribution >= 4 is 29.0 Å². The zero-order valence-electron chi connectivity index (χ0n) is 9.54. The van der Waals surface area contributed by atoms with E-state index in [0.29, 0.717) is 16.7 Å². The number of halogens is 2. The Balaban J connectivity index is 2.28. The van der Waals surface area contributed by atoms with E-state index in [0.717, 1.165) is 24.5 Å². The van der Waals surface area contributed by atoms with Crippen molar-refractivity contribution in [3.05, 3.63) is 33.8 Å². The molecule has 3 nitrogen and oxygen atoms in total. The van der Waals surface area contributed by atoms with E-state index in [4.69, 9.17) is 27.9 Å². The summed E-state index contributed by atoms with van der Waals surface area (Å²) in [6.45, 7) is 4.23. The Hall–Kier alpha value is -0.770. The molecule has 0 amide bonds. The Kier molecular flexibility index (Phi) is 4.26. The highest BCUT2D eigenvalue weighted by Crippen LogP contribution is 2.28. The Bertz CT molecular complexity index is 435. The highest BCUT2D eigenvalue weighted by Gasteiger charge is 2.21. The van der Waals surface area contributed by atoms with Crippen LogP contribution in [0, 0.1) is 0 Å². The summed E-state index contributed by atoms with van der Waals surface area (Å²) >= 11 is 11.9. The maximum absolute atomic E-state index is 6.02. The van der Waals surface area contributed by atoms with Crippen LogP contribution in [0.25, 0.3) is 0 Å². The Labute approximate surface area is 111 Å². The predicted octanol–water partition coefficient (Wildman–Crippen LogP) is 3.07.